The molecule has 1 aliphatic heterocycles. The Kier molecular flexibility index (Phi) is 4.96. The lowest BCUT2D eigenvalue weighted by molar-refractivity contribution is -0.132. The van der Waals surface area contributed by atoms with Gasteiger partial charge < -0.3 is 19.1 Å². The van der Waals surface area contributed by atoms with E-state index in [4.69, 9.17) is 4.42 Å². The minimum atomic E-state index is -0.512. The summed E-state index contributed by atoms with van der Waals surface area (Å²) in [6.07, 6.45) is 0. The van der Waals surface area contributed by atoms with Gasteiger partial charge in [-0.05, 0) is 19.1 Å². The summed E-state index contributed by atoms with van der Waals surface area (Å²) >= 11 is 0. The highest BCUT2D eigenvalue weighted by Gasteiger charge is 2.24. The monoisotopic (exact) mass is 396 g/mol. The first-order valence-electron chi connectivity index (χ1n) is 9.56. The molecule has 152 valence electrons. The number of rotatable bonds is 4. The van der Waals surface area contributed by atoms with E-state index in [1.54, 1.807) is 23.1 Å². The summed E-state index contributed by atoms with van der Waals surface area (Å²) in [7, 11) is 3.90. The Morgan fingerprint density at radius 3 is 2.59 bits per heavy atom. The summed E-state index contributed by atoms with van der Waals surface area (Å²) in [4.78, 5) is 39.8. The van der Waals surface area contributed by atoms with Crippen molar-refractivity contribution >= 4 is 28.8 Å². The molecular weight excluding hydrogens is 372 g/mol. The second-order valence-electron chi connectivity index (χ2n) is 7.35. The van der Waals surface area contributed by atoms with Crippen LogP contribution in [0.1, 0.15) is 5.69 Å². The van der Waals surface area contributed by atoms with Crippen LogP contribution in [0.25, 0.3) is 11.1 Å². The van der Waals surface area contributed by atoms with Crippen LogP contribution in [0.5, 0.6) is 0 Å². The van der Waals surface area contributed by atoms with E-state index in [0.717, 1.165) is 11.5 Å². The lowest BCUT2D eigenvalue weighted by Crippen LogP contribution is -2.50. The van der Waals surface area contributed by atoms with E-state index in [9.17, 15) is 9.59 Å². The Morgan fingerprint density at radius 1 is 1.14 bits per heavy atom. The van der Waals surface area contributed by atoms with Crippen LogP contribution in [-0.2, 0) is 11.3 Å². The second-order valence-corrected chi connectivity index (χ2v) is 7.35. The highest BCUT2D eigenvalue weighted by molar-refractivity contribution is 5.79. The number of amides is 1. The number of hydrogen-bond donors (Lipinski definition) is 0. The van der Waals surface area contributed by atoms with E-state index < -0.39 is 5.76 Å². The Bertz CT molecular complexity index is 1100. The average Bonchev–Trinajstić information content (AvgIpc) is 3.03. The summed E-state index contributed by atoms with van der Waals surface area (Å²) in [6, 6.07) is 9.06. The lowest BCUT2D eigenvalue weighted by atomic mass is 10.3. The number of fused-ring (bicyclic) bond motifs is 1. The Balaban J connectivity index is 1.44. The van der Waals surface area contributed by atoms with Crippen LogP contribution in [-0.4, -0.2) is 65.6 Å². The maximum atomic E-state index is 12.8. The smallest absolute Gasteiger partial charge is 0.408 e. The van der Waals surface area contributed by atoms with E-state index in [1.165, 1.54) is 4.57 Å². The number of carbonyl (C=O) groups is 1. The molecule has 0 radical (unpaired) electrons. The molecule has 1 saturated heterocycles. The number of aryl methyl sites for hydroxylation is 1. The molecule has 9 nitrogen and oxygen atoms in total. The van der Waals surface area contributed by atoms with Gasteiger partial charge in [0.15, 0.2) is 5.58 Å². The second kappa shape index (κ2) is 7.57. The van der Waals surface area contributed by atoms with Gasteiger partial charge in [-0.3, -0.25) is 9.36 Å². The van der Waals surface area contributed by atoms with E-state index in [-0.39, 0.29) is 12.5 Å². The van der Waals surface area contributed by atoms with E-state index >= 15 is 0 Å². The minimum Gasteiger partial charge on any atom is -0.408 e. The fraction of sp³-hybridized carbons (Fsp3) is 0.400. The van der Waals surface area contributed by atoms with Gasteiger partial charge in [0.1, 0.15) is 12.4 Å². The predicted molar refractivity (Wildman–Crippen MR) is 110 cm³/mol. The molecule has 1 aliphatic rings. The van der Waals surface area contributed by atoms with Gasteiger partial charge in [-0.15, -0.1) is 0 Å². The number of anilines is 2. The molecule has 1 aromatic carbocycles. The topological polar surface area (TPSA) is 87.7 Å². The van der Waals surface area contributed by atoms with Gasteiger partial charge >= 0.3 is 5.76 Å². The fourth-order valence-corrected chi connectivity index (χ4v) is 3.46. The van der Waals surface area contributed by atoms with Crippen molar-refractivity contribution in [2.24, 2.45) is 0 Å². The Labute approximate surface area is 168 Å². The third kappa shape index (κ3) is 3.80. The molecule has 2 aromatic heterocycles. The zero-order chi connectivity index (χ0) is 20.5. The van der Waals surface area contributed by atoms with Crippen molar-refractivity contribution in [1.82, 2.24) is 19.4 Å². The van der Waals surface area contributed by atoms with Crippen LogP contribution in [0.2, 0.25) is 0 Å². The molecule has 29 heavy (non-hydrogen) atoms. The van der Waals surface area contributed by atoms with E-state index in [0.29, 0.717) is 43.2 Å². The highest BCUT2D eigenvalue weighted by atomic mass is 16.4. The molecule has 0 N–H and O–H groups in total. The molecule has 0 unspecified atom stereocenters. The fourth-order valence-electron chi connectivity index (χ4n) is 3.46. The molecule has 3 aromatic rings. The molecule has 0 aliphatic carbocycles. The quantitative estimate of drug-likeness (QED) is 0.653. The molecule has 4 rings (SSSR count). The highest BCUT2D eigenvalue weighted by Crippen LogP contribution is 2.18. The molecule has 1 fully saturated rings. The van der Waals surface area contributed by atoms with Crippen molar-refractivity contribution in [3.63, 3.8) is 0 Å². The van der Waals surface area contributed by atoms with Crippen LogP contribution in [0.15, 0.2) is 39.5 Å². The SMILES string of the molecule is Cc1cc(N(C)C)nc(N2CCN(C(=O)Cn3c(=O)oc4ccccc43)CC2)n1. The first kappa shape index (κ1) is 19.0. The van der Waals surface area contributed by atoms with Gasteiger partial charge in [-0.2, -0.15) is 4.98 Å². The summed E-state index contributed by atoms with van der Waals surface area (Å²) in [5.41, 5.74) is 2.03. The lowest BCUT2D eigenvalue weighted by Gasteiger charge is -2.35. The van der Waals surface area contributed by atoms with Crippen LogP contribution in [0.4, 0.5) is 11.8 Å². The Hall–Kier alpha value is -3.36. The maximum absolute atomic E-state index is 12.8. The summed E-state index contributed by atoms with van der Waals surface area (Å²) in [5.74, 6) is 0.926. The van der Waals surface area contributed by atoms with Crippen LogP contribution in [0, 0.1) is 6.92 Å². The number of piperazine rings is 1. The summed E-state index contributed by atoms with van der Waals surface area (Å²) in [5, 5.41) is 0. The van der Waals surface area contributed by atoms with Gasteiger partial charge in [0, 0.05) is 52.0 Å². The third-order valence-electron chi connectivity index (χ3n) is 5.07. The van der Waals surface area contributed by atoms with Crippen LogP contribution < -0.4 is 15.6 Å². The van der Waals surface area contributed by atoms with Crippen molar-refractivity contribution in [2.45, 2.75) is 13.5 Å². The minimum absolute atomic E-state index is 0.0262. The van der Waals surface area contributed by atoms with Gasteiger partial charge in [-0.25, -0.2) is 9.78 Å². The molecule has 0 bridgehead atoms. The van der Waals surface area contributed by atoms with E-state index in [1.807, 2.05) is 38.1 Å². The molecule has 0 atom stereocenters. The zero-order valence-electron chi connectivity index (χ0n) is 16.8. The number of para-hydroxylation sites is 2. The van der Waals surface area contributed by atoms with Crippen LogP contribution >= 0.6 is 0 Å². The largest absolute Gasteiger partial charge is 0.420 e. The average molecular weight is 396 g/mol. The number of nitrogens with zero attached hydrogens (tertiary/aromatic N) is 6. The normalized spacial score (nSPS) is 14.4. The number of aromatic nitrogens is 3. The third-order valence-corrected chi connectivity index (χ3v) is 5.07. The molecule has 0 saturated carbocycles. The molecule has 0 spiro atoms. The standard InChI is InChI=1S/C20H24N6O3/c1-14-12-17(23(2)3)22-19(21-14)25-10-8-24(9-11-25)18(27)13-26-15-6-4-5-7-16(15)29-20(26)28/h4-7,12H,8-11,13H2,1-3H3. The summed E-state index contributed by atoms with van der Waals surface area (Å²) < 4.78 is 6.60. The van der Waals surface area contributed by atoms with Crippen molar-refractivity contribution in [3.8, 4) is 0 Å². The number of hydrogen-bond acceptors (Lipinski definition) is 7. The first-order valence-corrected chi connectivity index (χ1v) is 9.56. The van der Waals surface area contributed by atoms with Gasteiger partial charge in [0.25, 0.3) is 0 Å². The van der Waals surface area contributed by atoms with Gasteiger partial charge in [-0.1, -0.05) is 12.1 Å². The van der Waals surface area contributed by atoms with Gasteiger partial charge in [0.2, 0.25) is 11.9 Å². The predicted octanol–water partition coefficient (Wildman–Crippen LogP) is 1.11. The zero-order valence-corrected chi connectivity index (χ0v) is 16.8. The van der Waals surface area contributed by atoms with Crippen LogP contribution in [0.3, 0.4) is 0 Å². The first-order chi connectivity index (χ1) is 13.9. The molecular formula is C20H24N6O3. The molecule has 9 heteroatoms. The van der Waals surface area contributed by atoms with Crippen molar-refractivity contribution in [3.05, 3.63) is 46.6 Å². The molecule has 3 heterocycles. The van der Waals surface area contributed by atoms with E-state index in [2.05, 4.69) is 14.9 Å². The number of benzene rings is 1. The van der Waals surface area contributed by atoms with Crippen molar-refractivity contribution in [1.29, 1.82) is 0 Å². The number of oxazole rings is 1. The summed E-state index contributed by atoms with van der Waals surface area (Å²) in [6.45, 7) is 4.31. The van der Waals surface area contributed by atoms with Crippen molar-refractivity contribution < 1.29 is 9.21 Å². The molecule has 1 amide bonds. The maximum Gasteiger partial charge on any atom is 0.420 e. The van der Waals surface area contributed by atoms with Crippen molar-refractivity contribution in [2.75, 3.05) is 50.1 Å². The Morgan fingerprint density at radius 2 is 1.86 bits per heavy atom. The number of carbonyl (C=O) groups excluding carboxylic acids is 1. The van der Waals surface area contributed by atoms with Gasteiger partial charge in [0.05, 0.1) is 5.52 Å².